The molecule has 134 valence electrons. The second-order valence-corrected chi connectivity index (χ2v) is 7.63. The number of rotatable bonds is 6. The number of hydrogen-bond donors (Lipinski definition) is 2. The van der Waals surface area contributed by atoms with E-state index in [2.05, 4.69) is 10.0 Å². The Hall–Kier alpha value is -2.25. The molecule has 0 aliphatic heterocycles. The van der Waals surface area contributed by atoms with Crippen molar-refractivity contribution in [3.05, 3.63) is 58.9 Å². The Morgan fingerprint density at radius 1 is 1.04 bits per heavy atom. The van der Waals surface area contributed by atoms with Crippen LogP contribution < -0.4 is 10.0 Å². The third-order valence-electron chi connectivity index (χ3n) is 3.65. The Kier molecular flexibility index (Phi) is 5.92. The number of aryl methyl sites for hydroxylation is 3. The first kappa shape index (κ1) is 19.1. The predicted molar refractivity (Wildman–Crippen MR) is 95.5 cm³/mol. The van der Waals surface area contributed by atoms with Gasteiger partial charge in [0.2, 0.25) is 15.9 Å². The van der Waals surface area contributed by atoms with Crippen molar-refractivity contribution in [2.24, 2.45) is 0 Å². The number of nitrogens with one attached hydrogen (secondary N) is 2. The zero-order chi connectivity index (χ0) is 18.6. The lowest BCUT2D eigenvalue weighted by Crippen LogP contribution is -2.29. The lowest BCUT2D eigenvalue weighted by Gasteiger charge is -2.13. The van der Waals surface area contributed by atoms with Crippen molar-refractivity contribution in [2.45, 2.75) is 32.1 Å². The summed E-state index contributed by atoms with van der Waals surface area (Å²) in [5, 5.41) is 2.58. The van der Waals surface area contributed by atoms with Crippen molar-refractivity contribution in [1.29, 1.82) is 0 Å². The minimum absolute atomic E-state index is 0.0257. The Balaban J connectivity index is 1.96. The molecule has 2 N–H and O–H groups in total. The Bertz CT molecular complexity index is 855. The molecular formula is C18H21FN2O3S. The molecule has 2 rings (SSSR count). The van der Waals surface area contributed by atoms with Gasteiger partial charge in [-0.15, -0.1) is 0 Å². The van der Waals surface area contributed by atoms with E-state index < -0.39 is 15.8 Å². The molecular weight excluding hydrogens is 343 g/mol. The summed E-state index contributed by atoms with van der Waals surface area (Å²) in [6, 6.07) is 8.97. The fourth-order valence-electron chi connectivity index (χ4n) is 2.72. The maximum atomic E-state index is 12.8. The first-order valence-electron chi connectivity index (χ1n) is 7.82. The number of carbonyl (C=O) groups is 1. The Morgan fingerprint density at radius 2 is 1.60 bits per heavy atom. The van der Waals surface area contributed by atoms with E-state index in [0.29, 0.717) is 16.8 Å². The smallest absolute Gasteiger partial charge is 0.241 e. The predicted octanol–water partition coefficient (Wildman–Crippen LogP) is 3.06. The van der Waals surface area contributed by atoms with Crippen LogP contribution in [0.2, 0.25) is 0 Å². The molecule has 7 heteroatoms. The SMILES string of the molecule is Cc1cc(C)c(S(=O)(=O)NCCC(=O)Nc2ccc(F)cc2)c(C)c1. The number of anilines is 1. The molecule has 0 saturated heterocycles. The van der Waals surface area contributed by atoms with Gasteiger partial charge in [0.05, 0.1) is 4.90 Å². The number of carbonyl (C=O) groups excluding carboxylic acids is 1. The highest BCUT2D eigenvalue weighted by Gasteiger charge is 2.19. The van der Waals surface area contributed by atoms with Gasteiger partial charge in [0, 0.05) is 18.7 Å². The summed E-state index contributed by atoms with van der Waals surface area (Å²) < 4.78 is 40.2. The molecule has 1 amide bonds. The summed E-state index contributed by atoms with van der Waals surface area (Å²) in [4.78, 5) is 12.1. The molecule has 0 aromatic heterocycles. The van der Waals surface area contributed by atoms with Crippen molar-refractivity contribution in [3.8, 4) is 0 Å². The topological polar surface area (TPSA) is 75.3 Å². The van der Waals surface area contributed by atoms with E-state index in [1.807, 2.05) is 19.1 Å². The van der Waals surface area contributed by atoms with Gasteiger partial charge >= 0.3 is 0 Å². The summed E-state index contributed by atoms with van der Waals surface area (Å²) in [5.74, 6) is -0.749. The van der Waals surface area contributed by atoms with Crippen LogP contribution in [0, 0.1) is 26.6 Å². The monoisotopic (exact) mass is 364 g/mol. The van der Waals surface area contributed by atoms with Crippen LogP contribution in [0.1, 0.15) is 23.1 Å². The minimum atomic E-state index is -3.69. The maximum absolute atomic E-state index is 12.8. The van der Waals surface area contributed by atoms with E-state index in [4.69, 9.17) is 0 Å². The van der Waals surface area contributed by atoms with Crippen molar-refractivity contribution < 1.29 is 17.6 Å². The van der Waals surface area contributed by atoms with Gasteiger partial charge in [-0.3, -0.25) is 4.79 Å². The van der Waals surface area contributed by atoms with Gasteiger partial charge < -0.3 is 5.32 Å². The molecule has 25 heavy (non-hydrogen) atoms. The molecule has 0 heterocycles. The number of amides is 1. The summed E-state index contributed by atoms with van der Waals surface area (Å²) in [6.07, 6.45) is -0.0272. The Labute approximate surface area is 147 Å². The lowest BCUT2D eigenvalue weighted by atomic mass is 10.1. The van der Waals surface area contributed by atoms with Gasteiger partial charge in [-0.1, -0.05) is 17.7 Å². The summed E-state index contributed by atoms with van der Waals surface area (Å²) in [6.45, 7) is 5.37. The highest BCUT2D eigenvalue weighted by Crippen LogP contribution is 2.21. The molecule has 0 radical (unpaired) electrons. The normalized spacial score (nSPS) is 11.4. The molecule has 2 aromatic carbocycles. The number of sulfonamides is 1. The van der Waals surface area contributed by atoms with Crippen molar-refractivity contribution in [1.82, 2.24) is 4.72 Å². The van der Waals surface area contributed by atoms with E-state index in [-0.39, 0.29) is 23.8 Å². The van der Waals surface area contributed by atoms with Crippen LogP contribution >= 0.6 is 0 Å². The molecule has 5 nitrogen and oxygen atoms in total. The minimum Gasteiger partial charge on any atom is -0.326 e. The molecule has 0 aliphatic rings. The van der Waals surface area contributed by atoms with Crippen molar-refractivity contribution in [3.63, 3.8) is 0 Å². The van der Waals surface area contributed by atoms with Gasteiger partial charge in [-0.25, -0.2) is 17.5 Å². The van der Waals surface area contributed by atoms with Crippen LogP contribution in [0.15, 0.2) is 41.3 Å². The standard InChI is InChI=1S/C18H21FN2O3S/c1-12-10-13(2)18(14(3)11-12)25(23,24)20-9-8-17(22)21-16-6-4-15(19)5-7-16/h4-7,10-11,20H,8-9H2,1-3H3,(H,21,22). The fourth-order valence-corrected chi connectivity index (χ4v) is 4.20. The summed E-state index contributed by atoms with van der Waals surface area (Å²) in [7, 11) is -3.69. The van der Waals surface area contributed by atoms with E-state index in [1.54, 1.807) is 13.8 Å². The van der Waals surface area contributed by atoms with Gasteiger partial charge in [0.1, 0.15) is 5.82 Å². The van der Waals surface area contributed by atoms with Crippen LogP contribution in [-0.2, 0) is 14.8 Å². The molecule has 2 aromatic rings. The lowest BCUT2D eigenvalue weighted by molar-refractivity contribution is -0.116. The summed E-state index contributed by atoms with van der Waals surface area (Å²) >= 11 is 0. The molecule has 0 unspecified atom stereocenters. The zero-order valence-corrected chi connectivity index (χ0v) is 15.2. The average Bonchev–Trinajstić information content (AvgIpc) is 2.48. The third-order valence-corrected chi connectivity index (χ3v) is 5.41. The van der Waals surface area contributed by atoms with Gasteiger partial charge in [-0.2, -0.15) is 0 Å². The second kappa shape index (κ2) is 7.76. The van der Waals surface area contributed by atoms with Gasteiger partial charge in [-0.05, 0) is 56.2 Å². The zero-order valence-electron chi connectivity index (χ0n) is 14.4. The quantitative estimate of drug-likeness (QED) is 0.827. The highest BCUT2D eigenvalue weighted by atomic mass is 32.2. The van der Waals surface area contributed by atoms with Crippen LogP contribution in [0.3, 0.4) is 0 Å². The summed E-state index contributed by atoms with van der Waals surface area (Å²) in [5.41, 5.74) is 2.79. The van der Waals surface area contributed by atoms with Crippen LogP contribution in [-0.4, -0.2) is 20.9 Å². The van der Waals surface area contributed by atoms with Crippen molar-refractivity contribution >= 4 is 21.6 Å². The number of benzene rings is 2. The first-order chi connectivity index (χ1) is 11.7. The van der Waals surface area contributed by atoms with E-state index >= 15 is 0 Å². The van der Waals surface area contributed by atoms with Crippen molar-refractivity contribution in [2.75, 3.05) is 11.9 Å². The van der Waals surface area contributed by atoms with Crippen LogP contribution in [0.25, 0.3) is 0 Å². The van der Waals surface area contributed by atoms with Gasteiger partial charge in [0.25, 0.3) is 0 Å². The van der Waals surface area contributed by atoms with E-state index in [0.717, 1.165) is 5.56 Å². The maximum Gasteiger partial charge on any atom is 0.241 e. The molecule has 0 bridgehead atoms. The van der Waals surface area contributed by atoms with Crippen LogP contribution in [0.5, 0.6) is 0 Å². The number of halogens is 1. The molecule has 0 aliphatic carbocycles. The van der Waals surface area contributed by atoms with Gasteiger partial charge in [0.15, 0.2) is 0 Å². The average molecular weight is 364 g/mol. The Morgan fingerprint density at radius 3 is 2.16 bits per heavy atom. The highest BCUT2D eigenvalue weighted by molar-refractivity contribution is 7.89. The van der Waals surface area contributed by atoms with Crippen LogP contribution in [0.4, 0.5) is 10.1 Å². The molecule has 0 saturated carbocycles. The molecule has 0 atom stereocenters. The number of hydrogen-bond acceptors (Lipinski definition) is 3. The molecule has 0 fully saturated rings. The second-order valence-electron chi connectivity index (χ2n) is 5.93. The van der Waals surface area contributed by atoms with E-state index in [1.165, 1.54) is 24.3 Å². The fraction of sp³-hybridized carbons (Fsp3) is 0.278. The largest absolute Gasteiger partial charge is 0.326 e. The first-order valence-corrected chi connectivity index (χ1v) is 9.30. The van der Waals surface area contributed by atoms with E-state index in [9.17, 15) is 17.6 Å². The third kappa shape index (κ3) is 5.11. The molecule has 0 spiro atoms.